The van der Waals surface area contributed by atoms with E-state index in [1.807, 2.05) is 0 Å². The topological polar surface area (TPSA) is 101 Å². The van der Waals surface area contributed by atoms with Crippen LogP contribution >= 0.6 is 34.5 Å². The van der Waals surface area contributed by atoms with Crippen molar-refractivity contribution in [2.75, 3.05) is 12.4 Å². The molecule has 4 rings (SSSR count). The molecule has 30 heavy (non-hydrogen) atoms. The summed E-state index contributed by atoms with van der Waals surface area (Å²) in [6.07, 6.45) is 0. The van der Waals surface area contributed by atoms with Crippen LogP contribution in [0.4, 0.5) is 5.13 Å². The lowest BCUT2D eigenvalue weighted by molar-refractivity contribution is 0.0641. The van der Waals surface area contributed by atoms with E-state index >= 15 is 0 Å². The van der Waals surface area contributed by atoms with E-state index in [2.05, 4.69) is 15.5 Å². The van der Waals surface area contributed by atoms with Crippen LogP contribution in [-0.2, 0) is 6.54 Å². The van der Waals surface area contributed by atoms with Gasteiger partial charge >= 0.3 is 0 Å². The molecule has 0 spiro atoms. The lowest BCUT2D eigenvalue weighted by Gasteiger charge is -2.11. The van der Waals surface area contributed by atoms with Crippen molar-refractivity contribution < 1.29 is 19.1 Å². The Hall–Kier alpha value is -3.01. The van der Waals surface area contributed by atoms with Crippen molar-refractivity contribution in [2.45, 2.75) is 6.54 Å². The minimum absolute atomic E-state index is 0.0544. The predicted octanol–water partition coefficient (Wildman–Crippen LogP) is 3.90. The summed E-state index contributed by atoms with van der Waals surface area (Å²) >= 11 is 13.2. The van der Waals surface area contributed by atoms with Crippen molar-refractivity contribution in [1.82, 2.24) is 15.1 Å². The summed E-state index contributed by atoms with van der Waals surface area (Å²) in [5, 5.41) is 11.4. The number of rotatable bonds is 5. The van der Waals surface area contributed by atoms with E-state index in [-0.39, 0.29) is 33.0 Å². The molecule has 0 saturated carbocycles. The highest BCUT2D eigenvalue weighted by atomic mass is 35.5. The summed E-state index contributed by atoms with van der Waals surface area (Å²) in [6, 6.07) is 9.59. The number of halogens is 2. The number of carbonyl (C=O) groups is 3. The van der Waals surface area contributed by atoms with Crippen molar-refractivity contribution >= 4 is 57.4 Å². The summed E-state index contributed by atoms with van der Waals surface area (Å²) in [4.78, 5) is 38.7. The fraction of sp³-hybridized carbons (Fsp3) is 0.105. The summed E-state index contributed by atoms with van der Waals surface area (Å²) < 4.78 is 5.17. The molecule has 0 radical (unpaired) electrons. The zero-order valence-electron chi connectivity index (χ0n) is 15.3. The molecule has 3 amide bonds. The third kappa shape index (κ3) is 3.51. The molecule has 2 aromatic carbocycles. The Kier molecular flexibility index (Phi) is 5.42. The average molecular weight is 463 g/mol. The van der Waals surface area contributed by atoms with Crippen LogP contribution in [0.15, 0.2) is 36.4 Å². The molecular formula is C19H12Cl2N4O4S. The van der Waals surface area contributed by atoms with Gasteiger partial charge in [0.2, 0.25) is 5.13 Å². The Morgan fingerprint density at radius 3 is 2.33 bits per heavy atom. The molecule has 0 aliphatic carbocycles. The van der Waals surface area contributed by atoms with Crippen molar-refractivity contribution in [3.05, 3.63) is 68.1 Å². The Bertz CT molecular complexity index is 1160. The molecule has 1 aromatic heterocycles. The molecule has 0 atom stereocenters. The molecule has 11 heteroatoms. The van der Waals surface area contributed by atoms with Gasteiger partial charge in [-0.25, -0.2) is 0 Å². The summed E-state index contributed by atoms with van der Waals surface area (Å²) in [5.41, 5.74) is 0.759. The van der Waals surface area contributed by atoms with Gasteiger partial charge in [0, 0.05) is 0 Å². The van der Waals surface area contributed by atoms with Crippen LogP contribution in [0.25, 0.3) is 0 Å². The van der Waals surface area contributed by atoms with Gasteiger partial charge in [0.05, 0.1) is 34.8 Å². The molecule has 8 nitrogen and oxygen atoms in total. The first kappa shape index (κ1) is 20.3. The minimum atomic E-state index is -0.581. The number of fused-ring (bicyclic) bond motifs is 1. The van der Waals surface area contributed by atoms with Crippen molar-refractivity contribution in [3.8, 4) is 5.75 Å². The summed E-state index contributed by atoms with van der Waals surface area (Å²) in [5.74, 6) is -1.24. The molecule has 0 unspecified atom stereocenters. The number of benzene rings is 2. The number of ether oxygens (including phenoxy) is 1. The van der Waals surface area contributed by atoms with Crippen LogP contribution in [0, 0.1) is 0 Å². The van der Waals surface area contributed by atoms with Gasteiger partial charge in [-0.1, -0.05) is 46.7 Å². The number of amides is 3. The van der Waals surface area contributed by atoms with Crippen LogP contribution in [0.5, 0.6) is 5.75 Å². The first-order valence-electron chi connectivity index (χ1n) is 8.51. The Balaban J connectivity index is 1.51. The number of imide groups is 1. The summed E-state index contributed by atoms with van der Waals surface area (Å²) in [7, 11) is 1.37. The standard InChI is InChI=1S/C19H12Cl2N4O4S/c1-29-15-12(21)7-6-11(20)14(15)16(26)22-19-24-23-13(30-19)8-25-17(27)9-4-2-3-5-10(9)18(25)28/h2-7H,8H2,1H3,(H,22,24,26). The van der Waals surface area contributed by atoms with E-state index in [1.54, 1.807) is 24.3 Å². The summed E-state index contributed by atoms with van der Waals surface area (Å²) in [6.45, 7) is -0.0544. The van der Waals surface area contributed by atoms with E-state index < -0.39 is 17.7 Å². The Labute approximate surface area is 184 Å². The number of anilines is 1. The fourth-order valence-corrected chi connectivity index (χ4v) is 4.18. The first-order chi connectivity index (χ1) is 14.4. The van der Waals surface area contributed by atoms with Crippen LogP contribution < -0.4 is 10.1 Å². The lowest BCUT2D eigenvalue weighted by atomic mass is 10.1. The van der Waals surface area contributed by atoms with Gasteiger partial charge < -0.3 is 4.74 Å². The number of nitrogens with zero attached hydrogens (tertiary/aromatic N) is 3. The normalized spacial score (nSPS) is 12.8. The molecule has 1 aliphatic heterocycles. The van der Waals surface area contributed by atoms with Gasteiger partial charge in [-0.3, -0.25) is 24.6 Å². The average Bonchev–Trinajstić information content (AvgIpc) is 3.27. The number of hydrogen-bond donors (Lipinski definition) is 1. The zero-order chi connectivity index (χ0) is 21.4. The minimum Gasteiger partial charge on any atom is -0.494 e. The molecule has 2 heterocycles. The second-order valence-corrected chi connectivity index (χ2v) is 8.01. The molecule has 1 aliphatic rings. The van der Waals surface area contributed by atoms with Crippen LogP contribution in [0.2, 0.25) is 10.0 Å². The van der Waals surface area contributed by atoms with E-state index in [4.69, 9.17) is 27.9 Å². The van der Waals surface area contributed by atoms with Gasteiger partial charge in [-0.15, -0.1) is 10.2 Å². The van der Waals surface area contributed by atoms with Gasteiger partial charge in [0.1, 0.15) is 10.6 Å². The fourth-order valence-electron chi connectivity index (χ4n) is 2.99. The van der Waals surface area contributed by atoms with Crippen molar-refractivity contribution in [3.63, 3.8) is 0 Å². The number of carbonyl (C=O) groups excluding carboxylic acids is 3. The van der Waals surface area contributed by atoms with Crippen molar-refractivity contribution in [1.29, 1.82) is 0 Å². The highest BCUT2D eigenvalue weighted by Crippen LogP contribution is 2.34. The van der Waals surface area contributed by atoms with E-state index in [0.29, 0.717) is 16.1 Å². The number of nitrogens with one attached hydrogen (secondary N) is 1. The third-order valence-electron chi connectivity index (χ3n) is 4.35. The lowest BCUT2D eigenvalue weighted by Crippen LogP contribution is -2.29. The van der Waals surface area contributed by atoms with E-state index in [1.165, 1.54) is 19.2 Å². The molecule has 0 fully saturated rings. The quantitative estimate of drug-likeness (QED) is 0.576. The largest absolute Gasteiger partial charge is 0.494 e. The highest BCUT2D eigenvalue weighted by Gasteiger charge is 2.35. The first-order valence-corrected chi connectivity index (χ1v) is 10.1. The maximum atomic E-state index is 12.7. The van der Waals surface area contributed by atoms with Crippen molar-refractivity contribution in [2.24, 2.45) is 0 Å². The van der Waals surface area contributed by atoms with E-state index in [9.17, 15) is 14.4 Å². The SMILES string of the molecule is COc1c(Cl)ccc(Cl)c1C(=O)Nc1nnc(CN2C(=O)c3ccccc3C2=O)s1. The molecule has 1 N–H and O–H groups in total. The second-order valence-electron chi connectivity index (χ2n) is 6.13. The molecule has 0 saturated heterocycles. The van der Waals surface area contributed by atoms with E-state index in [0.717, 1.165) is 16.2 Å². The van der Waals surface area contributed by atoms with Crippen LogP contribution in [0.3, 0.4) is 0 Å². The molecule has 3 aromatic rings. The molecular weight excluding hydrogens is 451 g/mol. The monoisotopic (exact) mass is 462 g/mol. The van der Waals surface area contributed by atoms with Gasteiger partial charge in [0.25, 0.3) is 17.7 Å². The number of hydrogen-bond acceptors (Lipinski definition) is 7. The number of aromatic nitrogens is 2. The number of methoxy groups -OCH3 is 1. The highest BCUT2D eigenvalue weighted by molar-refractivity contribution is 7.15. The second kappa shape index (κ2) is 8.02. The maximum Gasteiger partial charge on any atom is 0.262 e. The molecule has 152 valence electrons. The Morgan fingerprint density at radius 2 is 1.70 bits per heavy atom. The van der Waals surface area contributed by atoms with Gasteiger partial charge in [0.15, 0.2) is 5.75 Å². The smallest absolute Gasteiger partial charge is 0.262 e. The Morgan fingerprint density at radius 1 is 1.07 bits per heavy atom. The molecule has 0 bridgehead atoms. The predicted molar refractivity (Wildman–Crippen MR) is 112 cm³/mol. The third-order valence-corrected chi connectivity index (χ3v) is 5.78. The van der Waals surface area contributed by atoms with Crippen LogP contribution in [0.1, 0.15) is 36.1 Å². The maximum absolute atomic E-state index is 12.7. The van der Waals surface area contributed by atoms with Crippen LogP contribution in [-0.4, -0.2) is 39.9 Å². The van der Waals surface area contributed by atoms with Gasteiger partial charge in [-0.2, -0.15) is 0 Å². The zero-order valence-corrected chi connectivity index (χ0v) is 17.6. The van der Waals surface area contributed by atoms with Gasteiger partial charge in [-0.05, 0) is 24.3 Å².